The number of para-hydroxylation sites is 1. The van der Waals surface area contributed by atoms with Crippen molar-refractivity contribution >= 4 is 55.6 Å². The fourth-order valence-corrected chi connectivity index (χ4v) is 7.60. The van der Waals surface area contributed by atoms with Crippen molar-refractivity contribution in [3.63, 3.8) is 0 Å². The zero-order valence-electron chi connectivity index (χ0n) is 27.0. The third-order valence-electron chi connectivity index (χ3n) is 9.80. The minimum atomic E-state index is 0.864. The molecule has 1 nitrogen and oxygen atoms in total. The second-order valence-corrected chi connectivity index (χ2v) is 12.5. The lowest BCUT2D eigenvalue weighted by Crippen LogP contribution is -1.92. The molecule has 1 heterocycles. The smallest absolute Gasteiger partial charge is 0.143 e. The van der Waals surface area contributed by atoms with Crippen LogP contribution in [0.5, 0.6) is 0 Å². The zero-order valence-corrected chi connectivity index (χ0v) is 27.0. The number of benzene rings is 8. The molecular weight excluding hydrogens is 593 g/mol. The molecule has 0 fully saturated rings. The highest BCUT2D eigenvalue weighted by Crippen LogP contribution is 2.46. The molecule has 0 saturated heterocycles. The maximum absolute atomic E-state index is 6.56. The van der Waals surface area contributed by atoms with E-state index in [1.54, 1.807) is 0 Å². The molecule has 0 radical (unpaired) electrons. The van der Waals surface area contributed by atoms with Gasteiger partial charge in [-0.2, -0.15) is 0 Å². The molecule has 0 aliphatic rings. The second kappa shape index (κ2) is 11.7. The first-order valence-corrected chi connectivity index (χ1v) is 16.7. The number of fused-ring (bicyclic) bond motifs is 5. The van der Waals surface area contributed by atoms with E-state index in [0.717, 1.165) is 55.3 Å². The van der Waals surface area contributed by atoms with Crippen LogP contribution in [-0.4, -0.2) is 0 Å². The molecule has 8 aromatic carbocycles. The fraction of sp³-hybridized carbons (Fsp3) is 0. The highest BCUT2D eigenvalue weighted by atomic mass is 16.3. The van der Waals surface area contributed by atoms with Gasteiger partial charge in [0.2, 0.25) is 0 Å². The molecule has 0 amide bonds. The molecule has 1 aromatic heterocycles. The molecule has 9 rings (SSSR count). The number of rotatable bonds is 6. The summed E-state index contributed by atoms with van der Waals surface area (Å²) in [5.41, 5.74) is 13.2. The third-order valence-corrected chi connectivity index (χ3v) is 9.80. The van der Waals surface area contributed by atoms with Gasteiger partial charge in [-0.1, -0.05) is 159 Å². The molecule has 0 bridgehead atoms. The standard InChI is InChI=1S/C48H32O/c1-3-31-29-42(48-47(37(31)4-2)41-24-13-14-25-44(41)49-48)36-21-15-20-34(28-36)35-26-27-40-43(30-35)46(33-18-9-6-10-19-33)39-23-12-11-22-38(39)45(40)32-16-7-5-8-17-32/h3-30H,1-2H2. The van der Waals surface area contributed by atoms with Crippen LogP contribution >= 0.6 is 0 Å². The van der Waals surface area contributed by atoms with Crippen LogP contribution in [0.1, 0.15) is 11.1 Å². The van der Waals surface area contributed by atoms with Crippen LogP contribution in [0.15, 0.2) is 175 Å². The summed E-state index contributed by atoms with van der Waals surface area (Å²) in [7, 11) is 0. The predicted octanol–water partition coefficient (Wildman–Crippen LogP) is 13.8. The lowest BCUT2D eigenvalue weighted by Gasteiger charge is -2.19. The normalized spacial score (nSPS) is 11.4. The van der Waals surface area contributed by atoms with Gasteiger partial charge in [-0.3, -0.25) is 0 Å². The molecule has 0 aliphatic heterocycles. The topological polar surface area (TPSA) is 13.1 Å². The Balaban J connectivity index is 1.31. The lowest BCUT2D eigenvalue weighted by atomic mass is 9.84. The maximum Gasteiger partial charge on any atom is 0.143 e. The Bertz CT molecular complexity index is 2730. The molecular formula is C48H32O. The van der Waals surface area contributed by atoms with Gasteiger partial charge in [0.05, 0.1) is 0 Å². The zero-order chi connectivity index (χ0) is 32.9. The van der Waals surface area contributed by atoms with Gasteiger partial charge in [0.1, 0.15) is 11.2 Å². The lowest BCUT2D eigenvalue weighted by molar-refractivity contribution is 0.670. The van der Waals surface area contributed by atoms with E-state index in [2.05, 4.69) is 159 Å². The molecule has 9 aromatic rings. The summed E-state index contributed by atoms with van der Waals surface area (Å²) in [6.07, 6.45) is 3.82. The van der Waals surface area contributed by atoms with Crippen molar-refractivity contribution in [3.05, 3.63) is 182 Å². The van der Waals surface area contributed by atoms with Gasteiger partial charge in [-0.25, -0.2) is 0 Å². The summed E-state index contributed by atoms with van der Waals surface area (Å²) in [5, 5.41) is 7.13. The Kier molecular flexibility index (Phi) is 6.85. The van der Waals surface area contributed by atoms with Gasteiger partial charge >= 0.3 is 0 Å². The van der Waals surface area contributed by atoms with Crippen LogP contribution in [0.2, 0.25) is 0 Å². The molecule has 0 atom stereocenters. The van der Waals surface area contributed by atoms with Crippen molar-refractivity contribution in [2.75, 3.05) is 0 Å². The Labute approximate surface area is 285 Å². The first-order valence-electron chi connectivity index (χ1n) is 16.7. The quantitative estimate of drug-likeness (QED) is 0.168. The minimum Gasteiger partial charge on any atom is -0.455 e. The molecule has 0 aliphatic carbocycles. The average molecular weight is 625 g/mol. The number of hydrogen-bond acceptors (Lipinski definition) is 1. The fourth-order valence-electron chi connectivity index (χ4n) is 7.60. The summed E-state index contributed by atoms with van der Waals surface area (Å²) in [6, 6.07) is 56.5. The molecule has 0 saturated carbocycles. The Morgan fingerprint density at radius 1 is 0.408 bits per heavy atom. The van der Waals surface area contributed by atoms with Gasteiger partial charge in [0.15, 0.2) is 0 Å². The number of hydrogen-bond donors (Lipinski definition) is 0. The summed E-state index contributed by atoms with van der Waals surface area (Å²) < 4.78 is 6.56. The molecule has 1 heteroatoms. The predicted molar refractivity (Wildman–Crippen MR) is 211 cm³/mol. The van der Waals surface area contributed by atoms with Gasteiger partial charge in [0.25, 0.3) is 0 Å². The first kappa shape index (κ1) is 28.8. The van der Waals surface area contributed by atoms with Crippen molar-refractivity contribution in [3.8, 4) is 44.5 Å². The molecule has 0 spiro atoms. The molecule has 0 N–H and O–H groups in total. The van der Waals surface area contributed by atoms with Gasteiger partial charge in [0, 0.05) is 16.3 Å². The highest BCUT2D eigenvalue weighted by molar-refractivity contribution is 6.22. The summed E-state index contributed by atoms with van der Waals surface area (Å²) in [4.78, 5) is 0. The average Bonchev–Trinajstić information content (AvgIpc) is 3.56. The maximum atomic E-state index is 6.56. The van der Waals surface area contributed by atoms with Crippen LogP contribution in [-0.2, 0) is 0 Å². The van der Waals surface area contributed by atoms with Gasteiger partial charge in [-0.05, 0) is 95.9 Å². The van der Waals surface area contributed by atoms with E-state index in [1.807, 2.05) is 24.3 Å². The van der Waals surface area contributed by atoms with E-state index in [9.17, 15) is 0 Å². The van der Waals surface area contributed by atoms with E-state index in [-0.39, 0.29) is 0 Å². The minimum absolute atomic E-state index is 0.864. The second-order valence-electron chi connectivity index (χ2n) is 12.5. The summed E-state index contributed by atoms with van der Waals surface area (Å²) in [5.74, 6) is 0. The van der Waals surface area contributed by atoms with Crippen molar-refractivity contribution in [2.45, 2.75) is 0 Å². The van der Waals surface area contributed by atoms with Crippen LogP contribution in [0.25, 0.3) is 100 Å². The van der Waals surface area contributed by atoms with Gasteiger partial charge < -0.3 is 4.42 Å². The van der Waals surface area contributed by atoms with Crippen LogP contribution in [0.3, 0.4) is 0 Å². The summed E-state index contributed by atoms with van der Waals surface area (Å²) >= 11 is 0. The Morgan fingerprint density at radius 2 is 0.959 bits per heavy atom. The van der Waals surface area contributed by atoms with E-state index in [0.29, 0.717) is 0 Å². The monoisotopic (exact) mass is 624 g/mol. The SMILES string of the molecule is C=Cc1cc(-c2cccc(-c3ccc4c(-c5ccccc5)c5ccccc5c(-c5ccccc5)c4c3)c2)c2oc3ccccc3c2c1C=C. The number of furan rings is 1. The van der Waals surface area contributed by atoms with E-state index >= 15 is 0 Å². The van der Waals surface area contributed by atoms with Crippen LogP contribution < -0.4 is 0 Å². The van der Waals surface area contributed by atoms with Crippen molar-refractivity contribution in [1.82, 2.24) is 0 Å². The van der Waals surface area contributed by atoms with Gasteiger partial charge in [-0.15, -0.1) is 0 Å². The van der Waals surface area contributed by atoms with Crippen LogP contribution in [0.4, 0.5) is 0 Å². The molecule has 0 unspecified atom stereocenters. The summed E-state index contributed by atoms with van der Waals surface area (Å²) in [6.45, 7) is 8.29. The largest absolute Gasteiger partial charge is 0.455 e. The highest BCUT2D eigenvalue weighted by Gasteiger charge is 2.20. The van der Waals surface area contributed by atoms with E-state index in [1.165, 1.54) is 43.8 Å². The van der Waals surface area contributed by atoms with E-state index < -0.39 is 0 Å². The first-order chi connectivity index (χ1) is 24.2. The molecule has 49 heavy (non-hydrogen) atoms. The van der Waals surface area contributed by atoms with Crippen molar-refractivity contribution < 1.29 is 4.42 Å². The van der Waals surface area contributed by atoms with Crippen LogP contribution in [0, 0.1) is 0 Å². The Morgan fingerprint density at radius 3 is 1.63 bits per heavy atom. The Hall–Kier alpha value is -6.44. The molecule has 230 valence electrons. The van der Waals surface area contributed by atoms with E-state index in [4.69, 9.17) is 4.42 Å². The van der Waals surface area contributed by atoms with Crippen molar-refractivity contribution in [1.29, 1.82) is 0 Å². The van der Waals surface area contributed by atoms with Crippen molar-refractivity contribution in [2.24, 2.45) is 0 Å². The third kappa shape index (κ3) is 4.63.